The average Bonchev–Trinajstić information content (AvgIpc) is 2.37. The molecule has 6 nitrogen and oxygen atoms in total. The van der Waals surface area contributed by atoms with Gasteiger partial charge in [-0.1, -0.05) is 13.0 Å². The Morgan fingerprint density at radius 3 is 2.76 bits per heavy atom. The number of carbonyl (C=O) groups excluding carboxylic acids is 2. The lowest BCUT2D eigenvalue weighted by Gasteiger charge is -2.31. The van der Waals surface area contributed by atoms with Crippen LogP contribution in [-0.4, -0.2) is 46.6 Å². The first-order valence-electron chi connectivity index (χ1n) is 7.12. The van der Waals surface area contributed by atoms with Gasteiger partial charge in [-0.25, -0.2) is 0 Å². The van der Waals surface area contributed by atoms with Crippen LogP contribution in [0.3, 0.4) is 0 Å². The number of cyclic esters (lactones) is 1. The third-order valence-corrected chi connectivity index (χ3v) is 3.41. The predicted molar refractivity (Wildman–Crippen MR) is 75.3 cm³/mol. The highest BCUT2D eigenvalue weighted by Gasteiger charge is 2.33. The number of rotatable bonds is 1. The van der Waals surface area contributed by atoms with Crippen molar-refractivity contribution < 1.29 is 29.3 Å². The lowest BCUT2D eigenvalue weighted by atomic mass is 9.90. The van der Waals surface area contributed by atoms with Gasteiger partial charge in [0.05, 0.1) is 19.1 Å². The first-order valence-corrected chi connectivity index (χ1v) is 7.12. The Bertz CT molecular complexity index is 401. The van der Waals surface area contributed by atoms with E-state index in [4.69, 9.17) is 9.47 Å². The molecule has 1 heterocycles. The van der Waals surface area contributed by atoms with Gasteiger partial charge < -0.3 is 19.7 Å². The molecule has 1 rings (SSSR count). The average molecular weight is 300 g/mol. The van der Waals surface area contributed by atoms with E-state index in [0.29, 0.717) is 0 Å². The van der Waals surface area contributed by atoms with Crippen molar-refractivity contribution in [2.45, 2.75) is 57.8 Å². The van der Waals surface area contributed by atoms with Gasteiger partial charge in [-0.15, -0.1) is 0 Å². The van der Waals surface area contributed by atoms with Crippen molar-refractivity contribution >= 4 is 11.9 Å². The number of hydrogen-bond acceptors (Lipinski definition) is 6. The molecule has 0 radical (unpaired) electrons. The number of aliphatic hydroxyl groups is 2. The molecule has 0 aromatic carbocycles. The van der Waals surface area contributed by atoms with Crippen molar-refractivity contribution in [1.82, 2.24) is 0 Å². The standard InChI is InChI=1S/C15H24O6/c1-10-4-5-13(21-11(2)16)15(3,19)7-6-12(17)8-14(18)20-9-10/h4-5,10,12-13,17,19H,6-9H2,1-3H3/b5-4+. The van der Waals surface area contributed by atoms with E-state index in [1.807, 2.05) is 6.92 Å². The summed E-state index contributed by atoms with van der Waals surface area (Å²) in [5, 5.41) is 20.3. The molecule has 0 bridgehead atoms. The van der Waals surface area contributed by atoms with Gasteiger partial charge in [0.15, 0.2) is 0 Å². The Labute approximate surface area is 124 Å². The zero-order valence-electron chi connectivity index (χ0n) is 12.7. The Hall–Kier alpha value is -1.40. The summed E-state index contributed by atoms with van der Waals surface area (Å²) in [5.41, 5.74) is -1.31. The quantitative estimate of drug-likeness (QED) is 0.553. The third-order valence-electron chi connectivity index (χ3n) is 3.41. The van der Waals surface area contributed by atoms with Crippen molar-refractivity contribution in [3.05, 3.63) is 12.2 Å². The van der Waals surface area contributed by atoms with E-state index in [1.165, 1.54) is 6.92 Å². The summed E-state index contributed by atoms with van der Waals surface area (Å²) in [4.78, 5) is 22.7. The number of carbonyl (C=O) groups is 2. The molecule has 1 aliphatic heterocycles. The Balaban J connectivity index is 2.92. The number of esters is 2. The molecule has 0 aromatic heterocycles. The molecule has 21 heavy (non-hydrogen) atoms. The zero-order chi connectivity index (χ0) is 16.0. The maximum Gasteiger partial charge on any atom is 0.308 e. The molecule has 0 saturated carbocycles. The fraction of sp³-hybridized carbons (Fsp3) is 0.733. The minimum Gasteiger partial charge on any atom is -0.465 e. The summed E-state index contributed by atoms with van der Waals surface area (Å²) < 4.78 is 10.2. The van der Waals surface area contributed by atoms with E-state index in [-0.39, 0.29) is 31.8 Å². The SMILES string of the molecule is CC(=O)OC1/C=C/C(C)COC(=O)CC(O)CCC1(C)O. The van der Waals surface area contributed by atoms with Crippen LogP contribution in [0.5, 0.6) is 0 Å². The minimum absolute atomic E-state index is 0.0839. The lowest BCUT2D eigenvalue weighted by Crippen LogP contribution is -2.42. The lowest BCUT2D eigenvalue weighted by molar-refractivity contribution is -0.156. The van der Waals surface area contributed by atoms with Crippen LogP contribution in [0.2, 0.25) is 0 Å². The summed E-state index contributed by atoms with van der Waals surface area (Å²) in [6.45, 7) is 4.84. The smallest absolute Gasteiger partial charge is 0.308 e. The van der Waals surface area contributed by atoms with E-state index in [1.54, 1.807) is 19.1 Å². The molecule has 0 amide bonds. The molecule has 0 spiro atoms. The minimum atomic E-state index is -1.31. The van der Waals surface area contributed by atoms with Crippen LogP contribution in [-0.2, 0) is 19.1 Å². The van der Waals surface area contributed by atoms with Gasteiger partial charge in [0, 0.05) is 12.8 Å². The van der Waals surface area contributed by atoms with Gasteiger partial charge in [0.2, 0.25) is 0 Å². The van der Waals surface area contributed by atoms with Crippen LogP contribution >= 0.6 is 0 Å². The highest BCUT2D eigenvalue weighted by molar-refractivity contribution is 5.70. The molecule has 2 N–H and O–H groups in total. The van der Waals surface area contributed by atoms with Crippen molar-refractivity contribution in [2.24, 2.45) is 5.92 Å². The summed E-state index contributed by atoms with van der Waals surface area (Å²) in [6, 6.07) is 0. The topological polar surface area (TPSA) is 93.1 Å². The number of aliphatic hydroxyl groups excluding tert-OH is 1. The molecule has 0 aliphatic carbocycles. The van der Waals surface area contributed by atoms with E-state index in [9.17, 15) is 19.8 Å². The van der Waals surface area contributed by atoms with Crippen molar-refractivity contribution in [1.29, 1.82) is 0 Å². The summed E-state index contributed by atoms with van der Waals surface area (Å²) >= 11 is 0. The van der Waals surface area contributed by atoms with Crippen LogP contribution in [0.25, 0.3) is 0 Å². The summed E-state index contributed by atoms with van der Waals surface area (Å²) in [7, 11) is 0. The fourth-order valence-corrected chi connectivity index (χ4v) is 2.08. The molecular weight excluding hydrogens is 276 g/mol. The van der Waals surface area contributed by atoms with E-state index >= 15 is 0 Å². The van der Waals surface area contributed by atoms with Gasteiger partial charge in [-0.3, -0.25) is 9.59 Å². The van der Waals surface area contributed by atoms with E-state index < -0.39 is 29.7 Å². The molecule has 120 valence electrons. The number of ether oxygens (including phenoxy) is 2. The zero-order valence-corrected chi connectivity index (χ0v) is 12.7. The van der Waals surface area contributed by atoms with E-state index in [0.717, 1.165) is 0 Å². The van der Waals surface area contributed by atoms with Crippen LogP contribution in [0.1, 0.15) is 40.0 Å². The molecule has 0 fully saturated rings. The molecule has 4 unspecified atom stereocenters. The van der Waals surface area contributed by atoms with Gasteiger partial charge in [-0.05, 0) is 25.8 Å². The highest BCUT2D eigenvalue weighted by atomic mass is 16.6. The fourth-order valence-electron chi connectivity index (χ4n) is 2.08. The molecule has 4 atom stereocenters. The second kappa shape index (κ2) is 7.56. The Kier molecular flexibility index (Phi) is 6.36. The van der Waals surface area contributed by atoms with Crippen LogP contribution in [0.15, 0.2) is 12.2 Å². The molecule has 1 aliphatic rings. The van der Waals surface area contributed by atoms with Gasteiger partial charge in [0.1, 0.15) is 11.7 Å². The molecule has 0 aromatic rings. The van der Waals surface area contributed by atoms with Crippen molar-refractivity contribution in [3.8, 4) is 0 Å². The molecular formula is C15H24O6. The maximum atomic E-state index is 11.5. The summed E-state index contributed by atoms with van der Waals surface area (Å²) in [5.74, 6) is -1.03. The molecule has 0 saturated heterocycles. The van der Waals surface area contributed by atoms with Crippen LogP contribution in [0.4, 0.5) is 0 Å². The monoisotopic (exact) mass is 300 g/mol. The Morgan fingerprint density at radius 2 is 2.14 bits per heavy atom. The molecule has 6 heteroatoms. The van der Waals surface area contributed by atoms with Crippen LogP contribution < -0.4 is 0 Å². The Morgan fingerprint density at radius 1 is 1.48 bits per heavy atom. The third kappa shape index (κ3) is 6.27. The summed E-state index contributed by atoms with van der Waals surface area (Å²) in [6.07, 6.45) is 1.95. The normalized spacial score (nSPS) is 36.8. The van der Waals surface area contributed by atoms with Gasteiger partial charge >= 0.3 is 11.9 Å². The first kappa shape index (κ1) is 17.7. The van der Waals surface area contributed by atoms with Crippen molar-refractivity contribution in [2.75, 3.05) is 6.61 Å². The number of hydrogen-bond donors (Lipinski definition) is 2. The second-order valence-corrected chi connectivity index (χ2v) is 5.83. The largest absolute Gasteiger partial charge is 0.465 e. The van der Waals surface area contributed by atoms with Gasteiger partial charge in [-0.2, -0.15) is 0 Å². The highest BCUT2D eigenvalue weighted by Crippen LogP contribution is 2.24. The van der Waals surface area contributed by atoms with Crippen LogP contribution in [0, 0.1) is 5.92 Å². The maximum absolute atomic E-state index is 11.5. The van der Waals surface area contributed by atoms with Gasteiger partial charge in [0.25, 0.3) is 0 Å². The first-order chi connectivity index (χ1) is 9.70. The second-order valence-electron chi connectivity index (χ2n) is 5.83. The predicted octanol–water partition coefficient (Wildman–Crippen LogP) is 0.949. The van der Waals surface area contributed by atoms with E-state index in [2.05, 4.69) is 0 Å². The van der Waals surface area contributed by atoms with Crippen molar-refractivity contribution in [3.63, 3.8) is 0 Å².